The molecule has 0 aliphatic rings. The van der Waals surface area contributed by atoms with Gasteiger partial charge in [0, 0.05) is 6.42 Å². The fourth-order valence-corrected chi connectivity index (χ4v) is 1.36. The van der Waals surface area contributed by atoms with Crippen molar-refractivity contribution in [3.05, 3.63) is 0 Å². The molecule has 13 heavy (non-hydrogen) atoms. The molecule has 0 aromatic carbocycles. The van der Waals surface area contributed by atoms with Gasteiger partial charge in [0.25, 0.3) is 0 Å². The molecule has 0 unspecified atom stereocenters. The fourth-order valence-electron chi connectivity index (χ4n) is 0.955. The quantitative estimate of drug-likeness (QED) is 0.573. The minimum absolute atomic E-state index is 0.230. The zero-order valence-electron chi connectivity index (χ0n) is 7.23. The Morgan fingerprint density at radius 1 is 1.08 bits per heavy atom. The van der Waals surface area contributed by atoms with Crippen LogP contribution in [0, 0.1) is 0 Å². The first-order chi connectivity index (χ1) is 5.92. The molecule has 0 rings (SSSR count). The summed E-state index contributed by atoms with van der Waals surface area (Å²) >= 11 is 16.6. The summed E-state index contributed by atoms with van der Waals surface area (Å²) in [6.07, 6.45) is 4.10. The first-order valence-electron chi connectivity index (χ1n) is 4.20. The highest BCUT2D eigenvalue weighted by atomic mass is 35.6. The molecule has 0 aromatic rings. The van der Waals surface area contributed by atoms with Gasteiger partial charge in [0.05, 0.1) is 0 Å². The van der Waals surface area contributed by atoms with Crippen LogP contribution in [0.5, 0.6) is 0 Å². The van der Waals surface area contributed by atoms with Crippen LogP contribution >= 0.6 is 34.8 Å². The molecule has 0 aromatic heterocycles. The summed E-state index contributed by atoms with van der Waals surface area (Å²) in [5.74, 6) is -0.749. The smallest absolute Gasteiger partial charge is 0.303 e. The molecule has 2 nitrogen and oxygen atoms in total. The maximum Gasteiger partial charge on any atom is 0.303 e. The third-order valence-electron chi connectivity index (χ3n) is 1.60. The summed E-state index contributed by atoms with van der Waals surface area (Å²) in [4.78, 5) is 10.1. The number of hydrogen-bond acceptors (Lipinski definition) is 1. The molecule has 1 N–H and O–H groups in total. The van der Waals surface area contributed by atoms with Gasteiger partial charge < -0.3 is 5.11 Å². The first-order valence-corrected chi connectivity index (χ1v) is 5.34. The van der Waals surface area contributed by atoms with Crippen LogP contribution in [0.4, 0.5) is 0 Å². The van der Waals surface area contributed by atoms with Gasteiger partial charge in [0.15, 0.2) is 3.79 Å². The number of unbranched alkanes of at least 4 members (excludes halogenated alkanes) is 3. The summed E-state index contributed by atoms with van der Waals surface area (Å²) in [6.45, 7) is 0. The normalized spacial score (nSPS) is 11.6. The van der Waals surface area contributed by atoms with Crippen molar-refractivity contribution in [2.75, 3.05) is 0 Å². The van der Waals surface area contributed by atoms with Crippen LogP contribution in [0.1, 0.15) is 38.5 Å². The van der Waals surface area contributed by atoms with E-state index in [9.17, 15) is 4.79 Å². The average Bonchev–Trinajstić information content (AvgIpc) is 1.93. The van der Waals surface area contributed by atoms with Crippen molar-refractivity contribution in [2.24, 2.45) is 0 Å². The second-order valence-corrected chi connectivity index (χ2v) is 5.44. The van der Waals surface area contributed by atoms with Crippen molar-refractivity contribution in [1.82, 2.24) is 0 Å². The molecular formula is C8H13Cl3O2. The van der Waals surface area contributed by atoms with Crippen molar-refractivity contribution in [2.45, 2.75) is 42.3 Å². The Morgan fingerprint density at radius 3 is 2.08 bits per heavy atom. The van der Waals surface area contributed by atoms with E-state index < -0.39 is 9.76 Å². The van der Waals surface area contributed by atoms with E-state index in [1.165, 1.54) is 0 Å². The number of hydrogen-bond donors (Lipinski definition) is 1. The molecule has 0 saturated carbocycles. The van der Waals surface area contributed by atoms with Crippen LogP contribution in [0.15, 0.2) is 0 Å². The van der Waals surface area contributed by atoms with Gasteiger partial charge in [-0.25, -0.2) is 0 Å². The van der Waals surface area contributed by atoms with E-state index in [1.54, 1.807) is 0 Å². The first kappa shape index (κ1) is 13.3. The second kappa shape index (κ2) is 6.74. The molecule has 0 radical (unpaired) electrons. The van der Waals surface area contributed by atoms with Crippen LogP contribution in [-0.2, 0) is 4.79 Å². The largest absolute Gasteiger partial charge is 0.481 e. The van der Waals surface area contributed by atoms with Crippen molar-refractivity contribution < 1.29 is 9.90 Å². The number of halogens is 3. The van der Waals surface area contributed by atoms with Gasteiger partial charge >= 0.3 is 5.97 Å². The van der Waals surface area contributed by atoms with Gasteiger partial charge in [-0.2, -0.15) is 0 Å². The van der Waals surface area contributed by atoms with Gasteiger partial charge in [-0.1, -0.05) is 47.6 Å². The van der Waals surface area contributed by atoms with Crippen molar-refractivity contribution in [3.63, 3.8) is 0 Å². The summed E-state index contributed by atoms with van der Waals surface area (Å²) in [7, 11) is 0. The molecule has 5 heteroatoms. The van der Waals surface area contributed by atoms with Gasteiger partial charge in [-0.05, 0) is 19.3 Å². The molecule has 0 atom stereocenters. The standard InChI is InChI=1S/C8H13Cl3O2/c9-8(10,11)6-4-2-1-3-5-7(12)13/h1-6H2,(H,12,13). The molecule has 0 fully saturated rings. The van der Waals surface area contributed by atoms with Gasteiger partial charge in [-0.3, -0.25) is 4.79 Å². The lowest BCUT2D eigenvalue weighted by Crippen LogP contribution is -2.01. The summed E-state index contributed by atoms with van der Waals surface area (Å²) in [5.41, 5.74) is 0. The number of alkyl halides is 3. The van der Waals surface area contributed by atoms with Crippen LogP contribution in [-0.4, -0.2) is 14.9 Å². The van der Waals surface area contributed by atoms with E-state index in [-0.39, 0.29) is 6.42 Å². The molecule has 0 aliphatic heterocycles. The number of carboxylic acid groups (broad SMARTS) is 1. The van der Waals surface area contributed by atoms with E-state index in [4.69, 9.17) is 39.9 Å². The zero-order valence-corrected chi connectivity index (χ0v) is 9.50. The lowest BCUT2D eigenvalue weighted by molar-refractivity contribution is -0.137. The lowest BCUT2D eigenvalue weighted by Gasteiger charge is -2.09. The Labute approximate surface area is 93.2 Å². The summed E-state index contributed by atoms with van der Waals surface area (Å²) in [5, 5.41) is 8.34. The topological polar surface area (TPSA) is 37.3 Å². The van der Waals surface area contributed by atoms with Gasteiger partial charge in [0.1, 0.15) is 0 Å². The molecular weight excluding hydrogens is 234 g/mol. The van der Waals surface area contributed by atoms with Crippen molar-refractivity contribution >= 4 is 40.8 Å². The molecule has 0 saturated heterocycles. The Hall–Kier alpha value is 0.340. The fraction of sp³-hybridized carbons (Fsp3) is 0.875. The Balaban J connectivity index is 3.13. The average molecular weight is 248 g/mol. The van der Waals surface area contributed by atoms with Crippen molar-refractivity contribution in [1.29, 1.82) is 0 Å². The van der Waals surface area contributed by atoms with E-state index in [1.807, 2.05) is 0 Å². The number of carboxylic acids is 1. The molecule has 0 aliphatic carbocycles. The third kappa shape index (κ3) is 12.3. The molecule has 0 amide bonds. The zero-order chi connectivity index (χ0) is 10.3. The number of carbonyl (C=O) groups is 1. The number of rotatable bonds is 6. The summed E-state index contributed by atoms with van der Waals surface area (Å²) in [6, 6.07) is 0. The van der Waals surface area contributed by atoms with Gasteiger partial charge in [0.2, 0.25) is 0 Å². The molecule has 0 bridgehead atoms. The number of aliphatic carboxylic acids is 1. The van der Waals surface area contributed by atoms with Crippen molar-refractivity contribution in [3.8, 4) is 0 Å². The second-order valence-electron chi connectivity index (χ2n) is 2.92. The maximum atomic E-state index is 10.1. The highest BCUT2D eigenvalue weighted by Crippen LogP contribution is 2.32. The Bertz CT molecular complexity index is 154. The van der Waals surface area contributed by atoms with E-state index in [0.717, 1.165) is 19.3 Å². The maximum absolute atomic E-state index is 10.1. The summed E-state index contributed by atoms with van der Waals surface area (Å²) < 4.78 is -1.16. The predicted octanol–water partition coefficient (Wildman–Crippen LogP) is 3.78. The van der Waals surface area contributed by atoms with Crippen LogP contribution < -0.4 is 0 Å². The molecule has 78 valence electrons. The van der Waals surface area contributed by atoms with E-state index >= 15 is 0 Å². The van der Waals surface area contributed by atoms with Crippen LogP contribution in [0.3, 0.4) is 0 Å². The minimum Gasteiger partial charge on any atom is -0.481 e. The minimum atomic E-state index is -1.16. The Morgan fingerprint density at radius 2 is 1.62 bits per heavy atom. The highest BCUT2D eigenvalue weighted by molar-refractivity contribution is 6.67. The highest BCUT2D eigenvalue weighted by Gasteiger charge is 2.17. The van der Waals surface area contributed by atoms with Crippen LogP contribution in [0.2, 0.25) is 0 Å². The van der Waals surface area contributed by atoms with Crippen LogP contribution in [0.25, 0.3) is 0 Å². The molecule has 0 heterocycles. The Kier molecular flexibility index (Phi) is 6.92. The third-order valence-corrected chi connectivity index (χ3v) is 2.17. The van der Waals surface area contributed by atoms with Gasteiger partial charge in [-0.15, -0.1) is 0 Å². The lowest BCUT2D eigenvalue weighted by atomic mass is 10.1. The predicted molar refractivity (Wildman–Crippen MR) is 55.6 cm³/mol. The molecule has 0 spiro atoms. The van der Waals surface area contributed by atoms with E-state index in [2.05, 4.69) is 0 Å². The SMILES string of the molecule is O=C(O)CCCCCCC(Cl)(Cl)Cl. The monoisotopic (exact) mass is 246 g/mol. The van der Waals surface area contributed by atoms with E-state index in [0.29, 0.717) is 12.8 Å².